The van der Waals surface area contributed by atoms with Crippen molar-refractivity contribution in [3.63, 3.8) is 0 Å². The van der Waals surface area contributed by atoms with Gasteiger partial charge in [-0.1, -0.05) is 134 Å². The molecule has 4 rings (SSSR count). The van der Waals surface area contributed by atoms with E-state index in [2.05, 4.69) is 67.5 Å². The first kappa shape index (κ1) is 40.3. The Morgan fingerprint density at radius 3 is 1.69 bits per heavy atom. The van der Waals surface area contributed by atoms with Gasteiger partial charge in [-0.3, -0.25) is 0 Å². The van der Waals surface area contributed by atoms with E-state index in [0.717, 1.165) is 42.4 Å². The first-order valence-corrected chi connectivity index (χ1v) is 18.8. The summed E-state index contributed by atoms with van der Waals surface area (Å²) >= 11 is 12.9. The van der Waals surface area contributed by atoms with Gasteiger partial charge < -0.3 is 25.4 Å². The average Bonchev–Trinajstić information content (AvgIpc) is 3.08. The second-order valence-electron chi connectivity index (χ2n) is 15.4. The lowest BCUT2D eigenvalue weighted by atomic mass is 9.72. The van der Waals surface area contributed by atoms with Crippen molar-refractivity contribution in [2.75, 3.05) is 13.2 Å². The van der Waals surface area contributed by atoms with Gasteiger partial charge in [-0.2, -0.15) is 0 Å². The Kier molecular flexibility index (Phi) is 13.4. The van der Waals surface area contributed by atoms with Crippen LogP contribution >= 0.6 is 23.2 Å². The maximum atomic E-state index is 13.9. The van der Waals surface area contributed by atoms with E-state index in [-0.39, 0.29) is 21.6 Å². The number of aromatic hydroxyl groups is 1. The van der Waals surface area contributed by atoms with E-state index >= 15 is 0 Å². The van der Waals surface area contributed by atoms with Gasteiger partial charge in [-0.25, -0.2) is 0 Å². The highest BCUT2D eigenvalue weighted by Gasteiger charge is 2.46. The summed E-state index contributed by atoms with van der Waals surface area (Å²) < 4.78 is 13.0. The number of hydrogen-bond acceptors (Lipinski definition) is 5. The Hall–Kier alpha value is -3.48. The maximum absolute atomic E-state index is 13.9. The molecule has 4 N–H and O–H groups in total. The summed E-state index contributed by atoms with van der Waals surface area (Å²) in [5.41, 5.74) is 9.88. The van der Waals surface area contributed by atoms with Crippen LogP contribution in [0.1, 0.15) is 114 Å². The van der Waals surface area contributed by atoms with Crippen LogP contribution in [0.15, 0.2) is 78.9 Å². The molecule has 0 spiro atoms. The van der Waals surface area contributed by atoms with E-state index in [1.807, 2.05) is 54.6 Å². The van der Waals surface area contributed by atoms with E-state index in [9.17, 15) is 10.2 Å². The highest BCUT2D eigenvalue weighted by atomic mass is 35.5. The zero-order valence-corrected chi connectivity index (χ0v) is 33.0. The molecule has 5 nitrogen and oxygen atoms in total. The van der Waals surface area contributed by atoms with Gasteiger partial charge in [0.2, 0.25) is 0 Å². The molecule has 0 saturated carbocycles. The highest BCUT2D eigenvalue weighted by molar-refractivity contribution is 6.36. The van der Waals surface area contributed by atoms with Crippen molar-refractivity contribution in [1.29, 1.82) is 0 Å². The predicted octanol–water partition coefficient (Wildman–Crippen LogP) is 11.5. The van der Waals surface area contributed by atoms with Gasteiger partial charge in [-0.15, -0.1) is 0 Å². The van der Waals surface area contributed by atoms with Gasteiger partial charge in [0.05, 0.1) is 24.3 Å². The van der Waals surface area contributed by atoms with Crippen LogP contribution in [0.4, 0.5) is 0 Å². The first-order valence-electron chi connectivity index (χ1n) is 18.0. The third kappa shape index (κ3) is 9.50. The quantitative estimate of drug-likeness (QED) is 0.0888. The molecule has 4 aromatic carbocycles. The Balaban J connectivity index is 2.18. The molecule has 0 aliphatic carbocycles. The molecule has 0 aliphatic rings. The highest BCUT2D eigenvalue weighted by Crippen LogP contribution is 2.48. The van der Waals surface area contributed by atoms with Gasteiger partial charge in [-0.05, 0) is 88.4 Å². The SMILES string of the molecule is CCCCOc1ccc(C(C)(C)C)cc1C(O)(c1cc(C(C)(C)C)ccc1OCCCC)[C@H](N)C(=Cc1cc(Cl)cc(Cl)c1O)c1ccccc1. The second-order valence-corrected chi connectivity index (χ2v) is 16.2. The second kappa shape index (κ2) is 16.9. The number of phenolic OH excluding ortho intramolecular Hbond substituents is 1. The lowest BCUT2D eigenvalue weighted by Crippen LogP contribution is -2.48. The summed E-state index contributed by atoms with van der Waals surface area (Å²) in [5.74, 6) is 0.939. The summed E-state index contributed by atoms with van der Waals surface area (Å²) in [4.78, 5) is 0. The summed E-state index contributed by atoms with van der Waals surface area (Å²) in [6, 6.07) is 23.7. The summed E-state index contributed by atoms with van der Waals surface area (Å²) in [6.07, 6.45) is 5.36. The number of hydrogen-bond donors (Lipinski definition) is 3. The van der Waals surface area contributed by atoms with Gasteiger partial charge in [0.25, 0.3) is 0 Å². The third-order valence-electron chi connectivity index (χ3n) is 9.28. The van der Waals surface area contributed by atoms with Gasteiger partial charge >= 0.3 is 0 Å². The number of phenols is 1. The Labute approximate surface area is 315 Å². The Morgan fingerprint density at radius 2 is 1.24 bits per heavy atom. The fraction of sp³-hybridized carbons (Fsp3) is 0.409. The predicted molar refractivity (Wildman–Crippen MR) is 215 cm³/mol. The van der Waals surface area contributed by atoms with Crippen molar-refractivity contribution in [3.05, 3.63) is 122 Å². The average molecular weight is 733 g/mol. The van der Waals surface area contributed by atoms with Crippen molar-refractivity contribution >= 4 is 34.9 Å². The lowest BCUT2D eigenvalue weighted by Gasteiger charge is -2.40. The summed E-state index contributed by atoms with van der Waals surface area (Å²) in [7, 11) is 0. The van der Waals surface area contributed by atoms with Crippen LogP contribution in [-0.4, -0.2) is 29.5 Å². The summed E-state index contributed by atoms with van der Waals surface area (Å²) in [5, 5.41) is 25.5. The number of rotatable bonds is 14. The van der Waals surface area contributed by atoms with Crippen LogP contribution in [0.5, 0.6) is 17.2 Å². The number of benzene rings is 4. The Bertz CT molecular complexity index is 1730. The number of halogens is 2. The molecule has 7 heteroatoms. The van der Waals surface area contributed by atoms with Gasteiger partial charge in [0.15, 0.2) is 0 Å². The molecular weight excluding hydrogens is 677 g/mol. The normalized spacial score (nSPS) is 13.3. The van der Waals surface area contributed by atoms with Crippen molar-refractivity contribution in [3.8, 4) is 17.2 Å². The molecule has 274 valence electrons. The molecule has 4 aromatic rings. The minimum atomic E-state index is -1.91. The minimum Gasteiger partial charge on any atom is -0.506 e. The standard InChI is InChI=1S/C44H55Cl2NO4/c1-9-11-22-50-38-20-18-31(42(3,4)5)26-35(38)44(49,36-27-32(43(6,7)8)19-21-39(36)51-23-12-10-2)41(47)34(29-16-14-13-15-17-29)25-30-24-33(45)28-37(46)40(30)48/h13-21,24-28,41,48-49H,9-12,22-23,47H2,1-8H3/t41-/m1/s1. The monoisotopic (exact) mass is 731 g/mol. The van der Waals surface area contributed by atoms with Crippen LogP contribution in [0.25, 0.3) is 11.6 Å². The van der Waals surface area contributed by atoms with Crippen LogP contribution in [0, 0.1) is 0 Å². The zero-order valence-electron chi connectivity index (χ0n) is 31.4. The van der Waals surface area contributed by atoms with Crippen LogP contribution < -0.4 is 15.2 Å². The molecule has 0 aliphatic heterocycles. The molecule has 0 saturated heterocycles. The smallest absolute Gasteiger partial charge is 0.141 e. The molecule has 51 heavy (non-hydrogen) atoms. The van der Waals surface area contributed by atoms with Gasteiger partial charge in [0, 0.05) is 21.7 Å². The molecule has 1 atom stereocenters. The van der Waals surface area contributed by atoms with Crippen molar-refractivity contribution in [1.82, 2.24) is 0 Å². The van der Waals surface area contributed by atoms with E-state index in [0.29, 0.717) is 52.0 Å². The van der Waals surface area contributed by atoms with Crippen molar-refractivity contribution in [2.24, 2.45) is 5.73 Å². The molecule has 0 heterocycles. The van der Waals surface area contributed by atoms with Crippen molar-refractivity contribution in [2.45, 2.75) is 104 Å². The number of nitrogens with two attached hydrogens (primary N) is 1. The largest absolute Gasteiger partial charge is 0.506 e. The van der Waals surface area contributed by atoms with Crippen LogP contribution in [0.2, 0.25) is 10.0 Å². The fourth-order valence-electron chi connectivity index (χ4n) is 6.05. The molecule has 0 unspecified atom stereocenters. The van der Waals surface area contributed by atoms with E-state index < -0.39 is 11.6 Å². The summed E-state index contributed by atoms with van der Waals surface area (Å²) in [6.45, 7) is 18.0. The molecule has 0 fully saturated rings. The molecule has 0 bridgehead atoms. The molecule has 0 aromatic heterocycles. The molecule has 0 amide bonds. The lowest BCUT2D eigenvalue weighted by molar-refractivity contribution is 0.0627. The van der Waals surface area contributed by atoms with E-state index in [4.69, 9.17) is 38.4 Å². The van der Waals surface area contributed by atoms with Gasteiger partial charge in [0.1, 0.15) is 22.8 Å². The Morgan fingerprint density at radius 1 is 0.745 bits per heavy atom. The molecule has 0 radical (unpaired) electrons. The van der Waals surface area contributed by atoms with Crippen LogP contribution in [-0.2, 0) is 16.4 Å². The fourth-order valence-corrected chi connectivity index (χ4v) is 6.55. The van der Waals surface area contributed by atoms with Crippen molar-refractivity contribution < 1.29 is 19.7 Å². The van der Waals surface area contributed by atoms with E-state index in [1.54, 1.807) is 12.1 Å². The number of ether oxygens (including phenoxy) is 2. The number of unbranched alkanes of at least 4 members (excludes halogenated alkanes) is 2. The maximum Gasteiger partial charge on any atom is 0.141 e. The molecular formula is C44H55Cl2NO4. The minimum absolute atomic E-state index is 0.110. The van der Waals surface area contributed by atoms with E-state index in [1.165, 1.54) is 6.07 Å². The topological polar surface area (TPSA) is 84.9 Å². The third-order valence-corrected chi connectivity index (χ3v) is 9.79. The van der Waals surface area contributed by atoms with Crippen LogP contribution in [0.3, 0.4) is 0 Å². The number of aliphatic hydroxyl groups is 1. The zero-order chi connectivity index (χ0) is 37.6. The first-order chi connectivity index (χ1) is 24.0.